The van der Waals surface area contributed by atoms with E-state index >= 15 is 0 Å². The van der Waals surface area contributed by atoms with Crippen molar-refractivity contribution in [3.8, 4) is 0 Å². The van der Waals surface area contributed by atoms with Gasteiger partial charge in [-0.3, -0.25) is 4.68 Å². The van der Waals surface area contributed by atoms with Crippen LogP contribution in [0.5, 0.6) is 0 Å². The second-order valence-corrected chi connectivity index (χ2v) is 6.59. The van der Waals surface area contributed by atoms with Crippen LogP contribution in [0.1, 0.15) is 43.0 Å². The summed E-state index contributed by atoms with van der Waals surface area (Å²) in [5.41, 5.74) is 2.69. The summed E-state index contributed by atoms with van der Waals surface area (Å²) >= 11 is 0. The minimum Gasteiger partial charge on any atom is -0.394 e. The molecule has 1 aromatic rings. The topological polar surface area (TPSA) is 53.3 Å². The van der Waals surface area contributed by atoms with Crippen LogP contribution in [-0.4, -0.2) is 53.1 Å². The predicted molar refractivity (Wildman–Crippen MR) is 83.2 cm³/mol. The standard InChI is InChI=1S/C16H28N4O/c1-19-7-5-13(6-8-19)11-17-15-3-2-4-16-14(15)12-18-20(16)9-10-21/h12-13,15,17,21H,2-11H2,1H3. The van der Waals surface area contributed by atoms with Crippen molar-refractivity contribution in [2.75, 3.05) is 33.3 Å². The molecule has 1 fully saturated rings. The minimum absolute atomic E-state index is 0.168. The smallest absolute Gasteiger partial charge is 0.0644 e. The number of piperidine rings is 1. The van der Waals surface area contributed by atoms with E-state index in [1.165, 1.54) is 50.0 Å². The van der Waals surface area contributed by atoms with Crippen LogP contribution in [0.2, 0.25) is 0 Å². The molecule has 2 heterocycles. The van der Waals surface area contributed by atoms with Gasteiger partial charge in [0, 0.05) is 17.3 Å². The summed E-state index contributed by atoms with van der Waals surface area (Å²) in [5, 5.41) is 17.4. The number of nitrogens with one attached hydrogen (secondary N) is 1. The molecule has 5 heteroatoms. The summed E-state index contributed by atoms with van der Waals surface area (Å²) in [4.78, 5) is 2.42. The van der Waals surface area contributed by atoms with Crippen molar-refractivity contribution in [2.24, 2.45) is 5.92 Å². The lowest BCUT2D eigenvalue weighted by Crippen LogP contribution is -2.36. The Kier molecular flexibility index (Phi) is 4.93. The Morgan fingerprint density at radius 3 is 2.90 bits per heavy atom. The van der Waals surface area contributed by atoms with Crippen LogP contribution in [0.15, 0.2) is 6.20 Å². The number of hydrogen-bond acceptors (Lipinski definition) is 4. The van der Waals surface area contributed by atoms with E-state index in [0.29, 0.717) is 12.6 Å². The Bertz CT molecular complexity index is 451. The fourth-order valence-corrected chi connectivity index (χ4v) is 3.69. The number of rotatable bonds is 5. The van der Waals surface area contributed by atoms with Gasteiger partial charge in [-0.05, 0) is 64.7 Å². The van der Waals surface area contributed by atoms with Gasteiger partial charge in [0.05, 0.1) is 19.3 Å². The second kappa shape index (κ2) is 6.90. The van der Waals surface area contributed by atoms with Gasteiger partial charge in [0.1, 0.15) is 0 Å². The first-order valence-corrected chi connectivity index (χ1v) is 8.35. The van der Waals surface area contributed by atoms with Gasteiger partial charge in [0.2, 0.25) is 0 Å². The molecule has 0 radical (unpaired) electrons. The third-order valence-electron chi connectivity index (χ3n) is 5.07. The molecular weight excluding hydrogens is 264 g/mol. The lowest BCUT2D eigenvalue weighted by atomic mass is 9.91. The highest BCUT2D eigenvalue weighted by molar-refractivity contribution is 5.25. The molecule has 0 aromatic carbocycles. The molecule has 2 N–H and O–H groups in total. The maximum atomic E-state index is 9.12. The molecule has 21 heavy (non-hydrogen) atoms. The summed E-state index contributed by atoms with van der Waals surface area (Å²) in [6, 6.07) is 0.459. The van der Waals surface area contributed by atoms with Gasteiger partial charge in [-0.1, -0.05) is 0 Å². The Balaban J connectivity index is 1.58. The third kappa shape index (κ3) is 3.47. The zero-order valence-corrected chi connectivity index (χ0v) is 13.1. The number of aliphatic hydroxyl groups excluding tert-OH is 1. The number of hydrogen-bond donors (Lipinski definition) is 2. The summed E-state index contributed by atoms with van der Waals surface area (Å²) in [6.45, 7) is 4.38. The highest BCUT2D eigenvalue weighted by Gasteiger charge is 2.25. The predicted octanol–water partition coefficient (Wildman–Crippen LogP) is 1.18. The van der Waals surface area contributed by atoms with Crippen LogP contribution in [0, 0.1) is 5.92 Å². The summed E-state index contributed by atoms with van der Waals surface area (Å²) in [6.07, 6.45) is 8.16. The molecule has 1 aromatic heterocycles. The number of nitrogens with zero attached hydrogens (tertiary/aromatic N) is 3. The van der Waals surface area contributed by atoms with E-state index in [9.17, 15) is 0 Å². The lowest BCUT2D eigenvalue weighted by molar-refractivity contribution is 0.211. The lowest BCUT2D eigenvalue weighted by Gasteiger charge is -2.31. The van der Waals surface area contributed by atoms with E-state index in [1.54, 1.807) is 0 Å². The number of fused-ring (bicyclic) bond motifs is 1. The van der Waals surface area contributed by atoms with Crippen LogP contribution in [0.4, 0.5) is 0 Å². The first-order chi connectivity index (χ1) is 10.3. The van der Waals surface area contributed by atoms with Gasteiger partial charge in [0.25, 0.3) is 0 Å². The van der Waals surface area contributed by atoms with Crippen molar-refractivity contribution in [3.63, 3.8) is 0 Å². The maximum Gasteiger partial charge on any atom is 0.0644 e. The monoisotopic (exact) mass is 292 g/mol. The highest BCUT2D eigenvalue weighted by Crippen LogP contribution is 2.30. The van der Waals surface area contributed by atoms with Crippen molar-refractivity contribution >= 4 is 0 Å². The molecule has 0 saturated carbocycles. The maximum absolute atomic E-state index is 9.12. The zero-order chi connectivity index (χ0) is 14.7. The summed E-state index contributed by atoms with van der Waals surface area (Å²) < 4.78 is 1.98. The first-order valence-electron chi connectivity index (χ1n) is 8.35. The van der Waals surface area contributed by atoms with Crippen LogP contribution < -0.4 is 5.32 Å². The van der Waals surface area contributed by atoms with Gasteiger partial charge in [0.15, 0.2) is 0 Å². The van der Waals surface area contributed by atoms with Crippen LogP contribution in [0.3, 0.4) is 0 Å². The molecule has 5 nitrogen and oxygen atoms in total. The Morgan fingerprint density at radius 1 is 1.33 bits per heavy atom. The van der Waals surface area contributed by atoms with Crippen molar-refractivity contribution in [3.05, 3.63) is 17.5 Å². The van der Waals surface area contributed by atoms with Gasteiger partial charge in [-0.25, -0.2) is 0 Å². The minimum atomic E-state index is 0.168. The largest absolute Gasteiger partial charge is 0.394 e. The van der Waals surface area contributed by atoms with E-state index in [2.05, 4.69) is 22.4 Å². The second-order valence-electron chi connectivity index (χ2n) is 6.59. The van der Waals surface area contributed by atoms with Crippen molar-refractivity contribution in [1.29, 1.82) is 0 Å². The van der Waals surface area contributed by atoms with Gasteiger partial charge in [-0.15, -0.1) is 0 Å². The Hall–Kier alpha value is -0.910. The van der Waals surface area contributed by atoms with Crippen molar-refractivity contribution < 1.29 is 5.11 Å². The fraction of sp³-hybridized carbons (Fsp3) is 0.812. The van der Waals surface area contributed by atoms with E-state index in [4.69, 9.17) is 5.11 Å². The Morgan fingerprint density at radius 2 is 2.14 bits per heavy atom. The van der Waals surface area contributed by atoms with Gasteiger partial charge < -0.3 is 15.3 Å². The molecule has 0 amide bonds. The molecule has 0 bridgehead atoms. The molecule has 118 valence electrons. The molecule has 3 rings (SSSR count). The van der Waals surface area contributed by atoms with Gasteiger partial charge >= 0.3 is 0 Å². The Labute approximate surface area is 127 Å². The quantitative estimate of drug-likeness (QED) is 0.856. The molecular formula is C16H28N4O. The average molecular weight is 292 g/mol. The van der Waals surface area contributed by atoms with Gasteiger partial charge in [-0.2, -0.15) is 5.10 Å². The molecule has 1 saturated heterocycles. The van der Waals surface area contributed by atoms with E-state index < -0.39 is 0 Å². The molecule has 1 aliphatic heterocycles. The van der Waals surface area contributed by atoms with Crippen LogP contribution in [-0.2, 0) is 13.0 Å². The summed E-state index contributed by atoms with van der Waals surface area (Å²) in [5.74, 6) is 0.819. The van der Waals surface area contributed by atoms with E-state index in [-0.39, 0.29) is 6.61 Å². The van der Waals surface area contributed by atoms with Crippen molar-refractivity contribution in [2.45, 2.75) is 44.7 Å². The van der Waals surface area contributed by atoms with E-state index in [0.717, 1.165) is 18.9 Å². The first kappa shape index (κ1) is 15.0. The molecule has 1 aliphatic carbocycles. The highest BCUT2D eigenvalue weighted by atomic mass is 16.3. The number of aliphatic hydroxyl groups is 1. The average Bonchev–Trinajstić information content (AvgIpc) is 2.91. The SMILES string of the molecule is CN1CCC(CNC2CCCc3c2cnn3CCO)CC1. The van der Waals surface area contributed by atoms with Crippen molar-refractivity contribution in [1.82, 2.24) is 20.0 Å². The molecule has 0 spiro atoms. The molecule has 2 aliphatic rings. The fourth-order valence-electron chi connectivity index (χ4n) is 3.69. The van der Waals surface area contributed by atoms with E-state index in [1.807, 2.05) is 10.9 Å². The third-order valence-corrected chi connectivity index (χ3v) is 5.07. The van der Waals surface area contributed by atoms with Crippen LogP contribution >= 0.6 is 0 Å². The number of aromatic nitrogens is 2. The molecule has 1 atom stereocenters. The van der Waals surface area contributed by atoms with Crippen LogP contribution in [0.25, 0.3) is 0 Å². The zero-order valence-electron chi connectivity index (χ0n) is 13.1. The molecule has 1 unspecified atom stereocenters. The summed E-state index contributed by atoms with van der Waals surface area (Å²) in [7, 11) is 2.21. The normalized spacial score (nSPS) is 24.2. The number of likely N-dealkylation sites (tertiary alicyclic amines) is 1.